The Kier molecular flexibility index (Phi) is 59.4. The van der Waals surface area contributed by atoms with Gasteiger partial charge in [0.1, 0.15) is 19.3 Å². The van der Waals surface area contributed by atoms with Crippen molar-refractivity contribution in [2.75, 3.05) is 39.6 Å². The molecule has 0 spiro atoms. The number of ether oxygens (including phenoxy) is 4. The zero-order valence-electron chi connectivity index (χ0n) is 58.8. The van der Waals surface area contributed by atoms with E-state index in [0.29, 0.717) is 31.6 Å². The summed E-state index contributed by atoms with van der Waals surface area (Å²) >= 11 is 0. The topological polar surface area (TPSA) is 237 Å². The minimum Gasteiger partial charge on any atom is -0.462 e. The molecule has 90 heavy (non-hydrogen) atoms. The number of unbranched alkanes of at least 4 members (excludes halogenated alkanes) is 33. The first-order chi connectivity index (χ1) is 43.1. The molecule has 0 aliphatic carbocycles. The standard InChI is InChI=1S/C71H138O17P2/c1-9-64(8)50-42-34-28-30-36-44-52-69(74)82-58-67(88-71(76)54-46-38-26-22-18-17-20-24-32-40-48-62(4)5)60-86-90(79,80)84-56-65(72)55-83-89(77,78)85-59-66(57-81-68(73)51-43-35-29-27-33-41-49-63(6)7)87-70(75)53-45-37-25-21-16-14-12-10-11-13-15-19-23-31-39-47-61(2)3/h61-67,72H,9-60H2,1-8H3,(H,77,78)(H,79,80)/t64?,65-,66-,67-/m1/s1. The van der Waals surface area contributed by atoms with Gasteiger partial charge in [-0.15, -0.1) is 0 Å². The lowest BCUT2D eigenvalue weighted by molar-refractivity contribution is -0.161. The Balaban J connectivity index is 5.21. The summed E-state index contributed by atoms with van der Waals surface area (Å²) in [5, 5.41) is 10.6. The average molecular weight is 1330 g/mol. The van der Waals surface area contributed by atoms with Gasteiger partial charge in [-0.2, -0.15) is 0 Å². The Morgan fingerprint density at radius 2 is 0.533 bits per heavy atom. The van der Waals surface area contributed by atoms with Crippen LogP contribution in [-0.4, -0.2) is 96.7 Å². The Bertz CT molecular complexity index is 1780. The third-order valence-electron chi connectivity index (χ3n) is 16.7. The lowest BCUT2D eigenvalue weighted by atomic mass is 10.00. The smallest absolute Gasteiger partial charge is 0.462 e. The number of aliphatic hydroxyl groups excluding tert-OH is 1. The summed E-state index contributed by atoms with van der Waals surface area (Å²) in [6.45, 7) is 14.1. The van der Waals surface area contributed by atoms with Gasteiger partial charge < -0.3 is 33.8 Å². The molecule has 0 fully saturated rings. The minimum absolute atomic E-state index is 0.104. The maximum Gasteiger partial charge on any atom is 0.472 e. The van der Waals surface area contributed by atoms with Gasteiger partial charge in [0.2, 0.25) is 0 Å². The van der Waals surface area contributed by atoms with E-state index < -0.39 is 97.5 Å². The minimum atomic E-state index is -4.95. The Morgan fingerprint density at radius 3 is 0.789 bits per heavy atom. The average Bonchev–Trinajstić information content (AvgIpc) is 3.55. The zero-order chi connectivity index (χ0) is 66.8. The van der Waals surface area contributed by atoms with Crippen molar-refractivity contribution in [2.24, 2.45) is 23.7 Å². The van der Waals surface area contributed by atoms with Gasteiger partial charge in [0.05, 0.1) is 26.4 Å². The molecule has 19 heteroatoms. The molecule has 0 aromatic rings. The maximum absolute atomic E-state index is 13.0. The molecule has 17 nitrogen and oxygen atoms in total. The molecular formula is C71H138O17P2. The van der Waals surface area contributed by atoms with Crippen LogP contribution in [0.4, 0.5) is 0 Å². The summed E-state index contributed by atoms with van der Waals surface area (Å²) in [6, 6.07) is 0. The van der Waals surface area contributed by atoms with Crippen LogP contribution in [0.3, 0.4) is 0 Å². The molecule has 3 N–H and O–H groups in total. The highest BCUT2D eigenvalue weighted by Gasteiger charge is 2.30. The van der Waals surface area contributed by atoms with E-state index in [0.717, 1.165) is 120 Å². The van der Waals surface area contributed by atoms with Crippen LogP contribution in [0.1, 0.15) is 351 Å². The summed E-state index contributed by atoms with van der Waals surface area (Å²) in [4.78, 5) is 72.5. The molecule has 0 aromatic heterocycles. The summed E-state index contributed by atoms with van der Waals surface area (Å²) in [6.07, 6.45) is 43.3. The van der Waals surface area contributed by atoms with Gasteiger partial charge in [0.25, 0.3) is 0 Å². The number of hydrogen-bond donors (Lipinski definition) is 3. The number of esters is 4. The number of phosphoric ester groups is 2. The van der Waals surface area contributed by atoms with Crippen LogP contribution < -0.4 is 0 Å². The summed E-state index contributed by atoms with van der Waals surface area (Å²) < 4.78 is 68.3. The highest BCUT2D eigenvalue weighted by molar-refractivity contribution is 7.47. The molecule has 0 aromatic carbocycles. The molecule has 0 heterocycles. The predicted octanol–water partition coefficient (Wildman–Crippen LogP) is 20.1. The molecule has 0 saturated heterocycles. The molecular weight excluding hydrogens is 1190 g/mol. The van der Waals surface area contributed by atoms with E-state index in [9.17, 15) is 43.2 Å². The molecule has 0 saturated carbocycles. The lowest BCUT2D eigenvalue weighted by Gasteiger charge is -2.21. The van der Waals surface area contributed by atoms with E-state index in [1.807, 2.05) is 0 Å². The normalized spacial score (nSPS) is 14.6. The second-order valence-corrected chi connectivity index (χ2v) is 30.2. The van der Waals surface area contributed by atoms with Crippen LogP contribution in [0.15, 0.2) is 0 Å². The van der Waals surface area contributed by atoms with Gasteiger partial charge in [-0.1, -0.05) is 299 Å². The lowest BCUT2D eigenvalue weighted by Crippen LogP contribution is -2.30. The molecule has 0 rings (SSSR count). The summed E-state index contributed by atoms with van der Waals surface area (Å²) in [7, 11) is -9.90. The fraction of sp³-hybridized carbons (Fsp3) is 0.944. The fourth-order valence-electron chi connectivity index (χ4n) is 10.6. The van der Waals surface area contributed by atoms with Crippen molar-refractivity contribution in [2.45, 2.75) is 369 Å². The summed E-state index contributed by atoms with van der Waals surface area (Å²) in [5.74, 6) is 0.834. The maximum atomic E-state index is 13.0. The number of carbonyl (C=O) groups is 4. The van der Waals surface area contributed by atoms with Crippen LogP contribution in [0.2, 0.25) is 0 Å². The molecule has 0 amide bonds. The largest absolute Gasteiger partial charge is 0.472 e. The first-order valence-electron chi connectivity index (χ1n) is 36.7. The van der Waals surface area contributed by atoms with Crippen molar-refractivity contribution in [1.29, 1.82) is 0 Å². The Morgan fingerprint density at radius 1 is 0.311 bits per heavy atom. The van der Waals surface area contributed by atoms with Crippen molar-refractivity contribution in [3.8, 4) is 0 Å². The highest BCUT2D eigenvalue weighted by atomic mass is 31.2. The number of rotatable bonds is 68. The van der Waals surface area contributed by atoms with E-state index >= 15 is 0 Å². The fourth-order valence-corrected chi connectivity index (χ4v) is 12.2. The van der Waals surface area contributed by atoms with Crippen molar-refractivity contribution in [3.63, 3.8) is 0 Å². The molecule has 0 aliphatic rings. The molecule has 3 unspecified atom stereocenters. The van der Waals surface area contributed by atoms with Gasteiger partial charge in [-0.05, 0) is 49.4 Å². The number of aliphatic hydroxyl groups is 1. The van der Waals surface area contributed by atoms with Crippen molar-refractivity contribution < 1.29 is 80.2 Å². The number of hydrogen-bond acceptors (Lipinski definition) is 15. The quantitative estimate of drug-likeness (QED) is 0.0222. The molecule has 0 bridgehead atoms. The van der Waals surface area contributed by atoms with Crippen LogP contribution >= 0.6 is 15.6 Å². The summed E-state index contributed by atoms with van der Waals surface area (Å²) in [5.41, 5.74) is 0. The van der Waals surface area contributed by atoms with E-state index in [1.54, 1.807) is 0 Å². The van der Waals surface area contributed by atoms with E-state index in [2.05, 4.69) is 55.4 Å². The van der Waals surface area contributed by atoms with Crippen molar-refractivity contribution in [3.05, 3.63) is 0 Å². The first kappa shape index (κ1) is 88.1. The Labute approximate surface area is 549 Å². The monoisotopic (exact) mass is 1320 g/mol. The van der Waals surface area contributed by atoms with E-state index in [4.69, 9.17) is 37.0 Å². The van der Waals surface area contributed by atoms with E-state index in [1.165, 1.54) is 141 Å². The second-order valence-electron chi connectivity index (χ2n) is 27.3. The number of phosphoric acid groups is 2. The second kappa shape index (κ2) is 60.7. The van der Waals surface area contributed by atoms with Crippen LogP contribution in [0, 0.1) is 23.7 Å². The SMILES string of the molecule is CCC(C)CCCCCCCCC(=O)OC[C@H](COP(=O)(O)OC[C@H](O)COP(=O)(O)OC[C@@H](COC(=O)CCCCCCCCC(C)C)OC(=O)CCCCCCCCCCCCCCCCCC(C)C)OC(=O)CCCCCCCCCCCCC(C)C. The van der Waals surface area contributed by atoms with Crippen LogP contribution in [0.25, 0.3) is 0 Å². The van der Waals surface area contributed by atoms with Gasteiger partial charge in [-0.3, -0.25) is 37.3 Å². The third kappa shape index (κ3) is 63.5. The highest BCUT2D eigenvalue weighted by Crippen LogP contribution is 2.45. The van der Waals surface area contributed by atoms with Gasteiger partial charge >= 0.3 is 39.5 Å². The first-order valence-corrected chi connectivity index (χ1v) is 39.7. The Hall–Kier alpha value is -1.94. The van der Waals surface area contributed by atoms with Crippen molar-refractivity contribution in [1.82, 2.24) is 0 Å². The van der Waals surface area contributed by atoms with Gasteiger partial charge in [0, 0.05) is 25.7 Å². The van der Waals surface area contributed by atoms with Crippen molar-refractivity contribution >= 4 is 39.5 Å². The molecule has 6 atom stereocenters. The molecule has 0 aliphatic heterocycles. The van der Waals surface area contributed by atoms with Crippen LogP contribution in [-0.2, 0) is 65.4 Å². The predicted molar refractivity (Wildman–Crippen MR) is 363 cm³/mol. The molecule has 0 radical (unpaired) electrons. The van der Waals surface area contributed by atoms with E-state index in [-0.39, 0.29) is 25.7 Å². The van der Waals surface area contributed by atoms with Gasteiger partial charge in [0.15, 0.2) is 12.2 Å². The molecule has 534 valence electrons. The zero-order valence-corrected chi connectivity index (χ0v) is 60.6. The van der Waals surface area contributed by atoms with Crippen LogP contribution in [0.5, 0.6) is 0 Å². The third-order valence-corrected chi connectivity index (χ3v) is 18.6. The van der Waals surface area contributed by atoms with Gasteiger partial charge in [-0.25, -0.2) is 9.13 Å². The number of carbonyl (C=O) groups excluding carboxylic acids is 4.